The monoisotopic (exact) mass is 241 g/mol. The van der Waals surface area contributed by atoms with E-state index in [-0.39, 0.29) is 5.91 Å². The maximum atomic E-state index is 11.5. The molecule has 1 amide bonds. The van der Waals surface area contributed by atoms with Crippen molar-refractivity contribution in [2.24, 2.45) is 12.8 Å². The molecule has 7 heteroatoms. The molecule has 0 aliphatic rings. The van der Waals surface area contributed by atoms with E-state index in [2.05, 4.69) is 15.5 Å². The van der Waals surface area contributed by atoms with Gasteiger partial charge in [-0.25, -0.2) is 0 Å². The third-order valence-corrected chi connectivity index (χ3v) is 2.42. The number of nitrogens with zero attached hydrogens (tertiary/aromatic N) is 3. The van der Waals surface area contributed by atoms with Gasteiger partial charge in [0, 0.05) is 33.7 Å². The number of nitrogens with two attached hydrogens (primary N) is 1. The van der Waals surface area contributed by atoms with Crippen LogP contribution in [-0.4, -0.2) is 47.0 Å². The van der Waals surface area contributed by atoms with Gasteiger partial charge in [-0.05, 0) is 6.42 Å². The Hall–Kier alpha value is -1.47. The molecule has 1 rings (SSSR count). The van der Waals surface area contributed by atoms with Crippen LogP contribution < -0.4 is 11.1 Å². The second-order valence-electron chi connectivity index (χ2n) is 3.79. The summed E-state index contributed by atoms with van der Waals surface area (Å²) in [7, 11) is 3.44. The van der Waals surface area contributed by atoms with E-state index in [9.17, 15) is 4.79 Å². The van der Waals surface area contributed by atoms with Crippen LogP contribution in [0.4, 0.5) is 0 Å². The zero-order valence-electron chi connectivity index (χ0n) is 10.2. The topological polar surface area (TPSA) is 95.1 Å². The van der Waals surface area contributed by atoms with Gasteiger partial charge < -0.3 is 20.4 Å². The van der Waals surface area contributed by atoms with Gasteiger partial charge in [0.05, 0.1) is 6.04 Å². The Morgan fingerprint density at radius 1 is 1.71 bits per heavy atom. The van der Waals surface area contributed by atoms with Crippen LogP contribution in [0.1, 0.15) is 12.2 Å². The first-order valence-corrected chi connectivity index (χ1v) is 5.50. The van der Waals surface area contributed by atoms with Gasteiger partial charge in [0.2, 0.25) is 5.91 Å². The zero-order chi connectivity index (χ0) is 12.7. The quantitative estimate of drug-likeness (QED) is 0.627. The molecule has 3 N–H and O–H groups in total. The number of methoxy groups -OCH3 is 1. The molecule has 0 fully saturated rings. The van der Waals surface area contributed by atoms with E-state index in [1.165, 1.54) is 0 Å². The molecular weight excluding hydrogens is 222 g/mol. The van der Waals surface area contributed by atoms with Crippen LogP contribution in [0.5, 0.6) is 0 Å². The van der Waals surface area contributed by atoms with Gasteiger partial charge >= 0.3 is 0 Å². The molecule has 1 unspecified atom stereocenters. The van der Waals surface area contributed by atoms with E-state index >= 15 is 0 Å². The van der Waals surface area contributed by atoms with Crippen LogP contribution in [0.15, 0.2) is 6.33 Å². The molecule has 0 spiro atoms. The van der Waals surface area contributed by atoms with Crippen LogP contribution >= 0.6 is 0 Å². The fraction of sp³-hybridized carbons (Fsp3) is 0.700. The summed E-state index contributed by atoms with van der Waals surface area (Å²) < 4.78 is 6.68. The Labute approximate surface area is 100 Å². The van der Waals surface area contributed by atoms with E-state index < -0.39 is 6.04 Å². The lowest BCUT2D eigenvalue weighted by molar-refractivity contribution is -0.122. The number of hydrogen-bond donors (Lipinski definition) is 2. The van der Waals surface area contributed by atoms with Crippen molar-refractivity contribution in [3.05, 3.63) is 12.2 Å². The molecule has 1 aromatic heterocycles. The van der Waals surface area contributed by atoms with Gasteiger partial charge in [-0.15, -0.1) is 10.2 Å². The van der Waals surface area contributed by atoms with Crippen LogP contribution in [0.2, 0.25) is 0 Å². The molecule has 0 saturated carbocycles. The molecular formula is C10H19N5O2. The summed E-state index contributed by atoms with van der Waals surface area (Å²) in [6, 6.07) is -0.519. The summed E-state index contributed by atoms with van der Waals surface area (Å²) in [5.41, 5.74) is 5.67. The first-order valence-electron chi connectivity index (χ1n) is 5.50. The predicted octanol–water partition coefficient (Wildman–Crippen LogP) is -1.16. The molecule has 1 heterocycles. The fourth-order valence-electron chi connectivity index (χ4n) is 1.34. The SMILES string of the molecule is COCCC(N)C(=O)NCCc1nncn1C. The largest absolute Gasteiger partial charge is 0.385 e. The third kappa shape index (κ3) is 4.49. The molecule has 0 bridgehead atoms. The summed E-state index contributed by atoms with van der Waals surface area (Å²) in [5.74, 6) is 0.667. The summed E-state index contributed by atoms with van der Waals surface area (Å²) in [5, 5.41) is 10.4. The highest BCUT2D eigenvalue weighted by atomic mass is 16.5. The standard InChI is InChI=1S/C10H19N5O2/c1-15-7-13-14-9(15)3-5-12-10(16)8(11)4-6-17-2/h7-8H,3-6,11H2,1-2H3,(H,12,16). The van der Waals surface area contributed by atoms with Crippen LogP contribution in [-0.2, 0) is 23.0 Å². The van der Waals surface area contributed by atoms with E-state index in [0.717, 1.165) is 5.82 Å². The summed E-state index contributed by atoms with van der Waals surface area (Å²) in [6.45, 7) is 0.990. The van der Waals surface area contributed by atoms with Gasteiger partial charge in [-0.3, -0.25) is 4.79 Å². The maximum Gasteiger partial charge on any atom is 0.237 e. The van der Waals surface area contributed by atoms with Crippen LogP contribution in [0.25, 0.3) is 0 Å². The smallest absolute Gasteiger partial charge is 0.237 e. The van der Waals surface area contributed by atoms with Crippen molar-refractivity contribution in [1.29, 1.82) is 0 Å². The minimum Gasteiger partial charge on any atom is -0.385 e. The molecule has 0 aliphatic carbocycles. The van der Waals surface area contributed by atoms with Gasteiger partial charge in [-0.1, -0.05) is 0 Å². The van der Waals surface area contributed by atoms with Gasteiger partial charge in [0.1, 0.15) is 12.2 Å². The molecule has 0 aliphatic heterocycles. The second-order valence-corrected chi connectivity index (χ2v) is 3.79. The zero-order valence-corrected chi connectivity index (χ0v) is 10.2. The number of carbonyl (C=O) groups is 1. The number of amides is 1. The molecule has 7 nitrogen and oxygen atoms in total. The van der Waals surface area contributed by atoms with E-state index in [0.29, 0.717) is 26.0 Å². The van der Waals surface area contributed by atoms with Crippen LogP contribution in [0, 0.1) is 0 Å². The number of nitrogens with one attached hydrogen (secondary N) is 1. The predicted molar refractivity (Wildman–Crippen MR) is 62.2 cm³/mol. The van der Waals surface area contributed by atoms with Crippen LogP contribution in [0.3, 0.4) is 0 Å². The normalized spacial score (nSPS) is 12.4. The van der Waals surface area contributed by atoms with Gasteiger partial charge in [0.25, 0.3) is 0 Å². The lowest BCUT2D eigenvalue weighted by atomic mass is 10.2. The lowest BCUT2D eigenvalue weighted by Gasteiger charge is -2.11. The number of aromatic nitrogens is 3. The molecule has 1 aromatic rings. The number of aryl methyl sites for hydroxylation is 1. The average molecular weight is 241 g/mol. The van der Waals surface area contributed by atoms with Crippen molar-refractivity contribution < 1.29 is 9.53 Å². The first-order chi connectivity index (χ1) is 8.15. The van der Waals surface area contributed by atoms with Crippen molar-refractivity contribution in [2.75, 3.05) is 20.3 Å². The number of carbonyl (C=O) groups excluding carboxylic acids is 1. The maximum absolute atomic E-state index is 11.5. The van der Waals surface area contributed by atoms with E-state index in [4.69, 9.17) is 10.5 Å². The van der Waals surface area contributed by atoms with Gasteiger partial charge in [-0.2, -0.15) is 0 Å². The number of hydrogen-bond acceptors (Lipinski definition) is 5. The van der Waals surface area contributed by atoms with Gasteiger partial charge in [0.15, 0.2) is 0 Å². The second kappa shape index (κ2) is 6.97. The minimum atomic E-state index is -0.519. The Morgan fingerprint density at radius 2 is 2.47 bits per heavy atom. The first kappa shape index (κ1) is 13.6. The summed E-state index contributed by atoms with van der Waals surface area (Å²) in [6.07, 6.45) is 2.78. The van der Waals surface area contributed by atoms with E-state index in [1.807, 2.05) is 11.6 Å². The molecule has 0 aromatic carbocycles. The van der Waals surface area contributed by atoms with Crippen molar-refractivity contribution in [1.82, 2.24) is 20.1 Å². The Balaban J connectivity index is 2.22. The third-order valence-electron chi connectivity index (χ3n) is 2.42. The Bertz CT molecular complexity index is 352. The lowest BCUT2D eigenvalue weighted by Crippen LogP contribution is -2.42. The fourth-order valence-corrected chi connectivity index (χ4v) is 1.34. The molecule has 96 valence electrons. The average Bonchev–Trinajstić information content (AvgIpc) is 2.72. The summed E-state index contributed by atoms with van der Waals surface area (Å²) >= 11 is 0. The van der Waals surface area contributed by atoms with E-state index in [1.54, 1.807) is 13.4 Å². The van der Waals surface area contributed by atoms with Crippen molar-refractivity contribution in [3.8, 4) is 0 Å². The summed E-state index contributed by atoms with van der Waals surface area (Å²) in [4.78, 5) is 11.5. The minimum absolute atomic E-state index is 0.163. The van der Waals surface area contributed by atoms with Crippen molar-refractivity contribution >= 4 is 5.91 Å². The van der Waals surface area contributed by atoms with Crippen molar-refractivity contribution in [2.45, 2.75) is 18.9 Å². The van der Waals surface area contributed by atoms with Crippen molar-refractivity contribution in [3.63, 3.8) is 0 Å². The molecule has 17 heavy (non-hydrogen) atoms. The number of ether oxygens (including phenoxy) is 1. The molecule has 1 atom stereocenters. The highest BCUT2D eigenvalue weighted by Gasteiger charge is 2.12. The number of rotatable bonds is 7. The highest BCUT2D eigenvalue weighted by molar-refractivity contribution is 5.81. The molecule has 0 saturated heterocycles. The molecule has 0 radical (unpaired) electrons. The Morgan fingerprint density at radius 3 is 3.06 bits per heavy atom. The Kier molecular flexibility index (Phi) is 5.58. The highest BCUT2D eigenvalue weighted by Crippen LogP contribution is 1.93.